The molecule has 1 heterocycles. The Morgan fingerprint density at radius 1 is 0.484 bits per heavy atom. The van der Waals surface area contributed by atoms with Crippen molar-refractivity contribution in [1.82, 2.24) is 4.67 Å². The van der Waals surface area contributed by atoms with Crippen LogP contribution < -0.4 is 15.9 Å². The van der Waals surface area contributed by atoms with Crippen LogP contribution in [0, 0.1) is 0 Å². The summed E-state index contributed by atoms with van der Waals surface area (Å²) in [7, 11) is 0. The van der Waals surface area contributed by atoms with E-state index in [1.54, 1.807) is 24.3 Å². The van der Waals surface area contributed by atoms with E-state index in [9.17, 15) is 9.59 Å². The van der Waals surface area contributed by atoms with Crippen molar-refractivity contribution in [2.45, 2.75) is 0 Å². The second-order valence-corrected chi connectivity index (χ2v) is 15.5. The molecule has 0 N–H and O–H groups in total. The molecule has 0 unspecified atom stereocenters. The summed E-state index contributed by atoms with van der Waals surface area (Å²) in [5.41, 5.74) is -3.03. The van der Waals surface area contributed by atoms with Gasteiger partial charge >= 0.3 is 189 Å². The van der Waals surface area contributed by atoms with E-state index in [2.05, 4.69) is 15.5 Å². The van der Waals surface area contributed by atoms with E-state index < -0.39 is 5.46 Å². The third-order valence-corrected chi connectivity index (χ3v) is 15.3. The summed E-state index contributed by atoms with van der Waals surface area (Å²) in [6.07, 6.45) is 0. The Kier molecular flexibility index (Phi) is 4.65. The second kappa shape index (κ2) is 7.26. The number of carbonyl (C=O) groups excluding carboxylic acids is 2. The van der Waals surface area contributed by atoms with E-state index in [0.717, 1.165) is 15.9 Å². The van der Waals surface area contributed by atoms with Gasteiger partial charge in [0.2, 0.25) is 0 Å². The molecule has 0 radical (unpaired) electrons. The number of imide groups is 1. The Balaban J connectivity index is 1.96. The van der Waals surface area contributed by atoms with E-state index in [4.69, 9.17) is 0 Å². The first kappa shape index (κ1) is 19.9. The number of fused-ring (bicyclic) bond motifs is 1. The molecule has 2 amide bonds. The SMILES string of the molecule is O=C1c2ccccc2C(=O)N1P(Br)(c1ccccc1)(c1ccccc1)c1ccccc1. The van der Waals surface area contributed by atoms with Crippen LogP contribution in [0.2, 0.25) is 0 Å². The van der Waals surface area contributed by atoms with Gasteiger partial charge in [-0.25, -0.2) is 0 Å². The Morgan fingerprint density at radius 2 is 0.774 bits per heavy atom. The molecule has 152 valence electrons. The molecule has 5 heteroatoms. The molecule has 0 bridgehead atoms. The number of benzene rings is 4. The van der Waals surface area contributed by atoms with E-state index in [1.807, 2.05) is 91.0 Å². The van der Waals surface area contributed by atoms with Crippen molar-refractivity contribution in [3.8, 4) is 0 Å². The third-order valence-electron chi connectivity index (χ3n) is 5.83. The van der Waals surface area contributed by atoms with E-state index in [1.165, 1.54) is 4.67 Å². The van der Waals surface area contributed by atoms with Crippen LogP contribution in [0.5, 0.6) is 0 Å². The fourth-order valence-electron chi connectivity index (χ4n) is 4.41. The molecular weight excluding hydrogens is 469 g/mol. The molecule has 1 aliphatic heterocycles. The van der Waals surface area contributed by atoms with Crippen molar-refractivity contribution in [3.05, 3.63) is 126 Å². The zero-order chi connectivity index (χ0) is 21.5. The van der Waals surface area contributed by atoms with Gasteiger partial charge in [0.25, 0.3) is 0 Å². The number of nitrogens with zero attached hydrogens (tertiary/aromatic N) is 1. The Labute approximate surface area is 189 Å². The zero-order valence-corrected chi connectivity index (χ0v) is 19.0. The number of amides is 2. The first-order valence-electron chi connectivity index (χ1n) is 9.95. The van der Waals surface area contributed by atoms with Crippen molar-refractivity contribution in [2.24, 2.45) is 0 Å². The minimum absolute atomic E-state index is 0.285. The van der Waals surface area contributed by atoms with Crippen LogP contribution in [0.3, 0.4) is 0 Å². The van der Waals surface area contributed by atoms with Gasteiger partial charge in [0, 0.05) is 0 Å². The zero-order valence-electron chi connectivity index (χ0n) is 16.6. The quantitative estimate of drug-likeness (QED) is 0.298. The summed E-state index contributed by atoms with van der Waals surface area (Å²) in [4.78, 5) is 27.8. The first-order chi connectivity index (χ1) is 15.1. The van der Waals surface area contributed by atoms with Gasteiger partial charge < -0.3 is 0 Å². The molecule has 0 fully saturated rings. The summed E-state index contributed by atoms with van der Waals surface area (Å²) in [6.45, 7) is 0. The molecule has 0 aliphatic carbocycles. The number of hydrogen-bond acceptors (Lipinski definition) is 2. The molecule has 0 saturated carbocycles. The molecular formula is C26H19BrNO2P. The van der Waals surface area contributed by atoms with Crippen LogP contribution in [0.25, 0.3) is 0 Å². The summed E-state index contributed by atoms with van der Waals surface area (Å²) in [5, 5.41) is 2.67. The summed E-state index contributed by atoms with van der Waals surface area (Å²) < 4.78 is 1.50. The van der Waals surface area contributed by atoms with Gasteiger partial charge in [-0.2, -0.15) is 0 Å². The average molecular weight is 488 g/mol. The number of carbonyl (C=O) groups is 2. The average Bonchev–Trinajstić information content (AvgIpc) is 3.11. The van der Waals surface area contributed by atoms with E-state index >= 15 is 0 Å². The molecule has 0 atom stereocenters. The van der Waals surface area contributed by atoms with Crippen molar-refractivity contribution >= 4 is 48.7 Å². The van der Waals surface area contributed by atoms with Crippen molar-refractivity contribution in [1.29, 1.82) is 0 Å². The van der Waals surface area contributed by atoms with Gasteiger partial charge in [-0.3, -0.25) is 0 Å². The van der Waals surface area contributed by atoms with Gasteiger partial charge in [-0.1, -0.05) is 0 Å². The fourth-order valence-corrected chi connectivity index (χ4v) is 12.0. The molecule has 0 aromatic heterocycles. The van der Waals surface area contributed by atoms with Crippen LogP contribution in [-0.2, 0) is 0 Å². The van der Waals surface area contributed by atoms with Gasteiger partial charge in [-0.15, -0.1) is 0 Å². The van der Waals surface area contributed by atoms with Crippen LogP contribution in [0.15, 0.2) is 115 Å². The summed E-state index contributed by atoms with van der Waals surface area (Å²) >= 11 is 4.20. The maximum absolute atomic E-state index is 13.9. The van der Waals surface area contributed by atoms with Crippen molar-refractivity contribution < 1.29 is 9.59 Å². The molecule has 3 nitrogen and oxygen atoms in total. The monoisotopic (exact) mass is 487 g/mol. The summed E-state index contributed by atoms with van der Waals surface area (Å²) in [6, 6.07) is 36.5. The van der Waals surface area contributed by atoms with E-state index in [-0.39, 0.29) is 11.8 Å². The van der Waals surface area contributed by atoms with Gasteiger partial charge in [-0.05, 0) is 0 Å². The Bertz CT molecular complexity index is 1160. The van der Waals surface area contributed by atoms with E-state index in [0.29, 0.717) is 11.1 Å². The van der Waals surface area contributed by atoms with Crippen molar-refractivity contribution in [2.75, 3.05) is 0 Å². The molecule has 0 saturated heterocycles. The second-order valence-electron chi connectivity index (χ2n) is 7.44. The van der Waals surface area contributed by atoms with Crippen LogP contribution in [0.4, 0.5) is 0 Å². The van der Waals surface area contributed by atoms with Gasteiger partial charge in [0.05, 0.1) is 0 Å². The van der Waals surface area contributed by atoms with Gasteiger partial charge in [0.15, 0.2) is 0 Å². The molecule has 4 aromatic rings. The summed E-state index contributed by atoms with van der Waals surface area (Å²) in [5.74, 6) is -0.571. The van der Waals surface area contributed by atoms with Crippen LogP contribution >= 0.6 is 20.9 Å². The molecule has 5 rings (SSSR count). The predicted octanol–water partition coefficient (Wildman–Crippen LogP) is 5.04. The first-order valence-corrected chi connectivity index (χ1v) is 14.2. The maximum atomic E-state index is 13.9. The topological polar surface area (TPSA) is 37.4 Å². The molecule has 0 spiro atoms. The predicted molar refractivity (Wildman–Crippen MR) is 131 cm³/mol. The van der Waals surface area contributed by atoms with Gasteiger partial charge in [0.1, 0.15) is 0 Å². The fraction of sp³-hybridized carbons (Fsp3) is 0. The third kappa shape index (κ3) is 2.62. The Hall–Kier alpha value is -3.07. The number of halogens is 1. The minimum atomic E-state index is -3.90. The molecule has 1 aliphatic rings. The molecule has 4 aromatic carbocycles. The number of hydrogen-bond donors (Lipinski definition) is 0. The van der Waals surface area contributed by atoms with Crippen LogP contribution in [-0.4, -0.2) is 16.5 Å². The Morgan fingerprint density at radius 3 is 1.10 bits per heavy atom. The number of rotatable bonds is 4. The standard InChI is InChI=1S/C26H19BrNO2P/c27-31(20-12-4-1-5-13-20,21-14-6-2-7-15-21,22-16-8-3-9-17-22)28-25(29)23-18-10-11-19-24(23)26(28)30/h1-19H. The van der Waals surface area contributed by atoms with Crippen molar-refractivity contribution in [3.63, 3.8) is 0 Å². The van der Waals surface area contributed by atoms with Crippen LogP contribution in [0.1, 0.15) is 20.7 Å². The normalized spacial score (nSPS) is 14.7. The molecule has 31 heavy (non-hydrogen) atoms.